The number of phenols is 3. The Bertz CT molecular complexity index is 1170. The van der Waals surface area contributed by atoms with Crippen LogP contribution in [0.4, 0.5) is 0 Å². The summed E-state index contributed by atoms with van der Waals surface area (Å²) in [6, 6.07) is 7.77. The highest BCUT2D eigenvalue weighted by molar-refractivity contribution is 5.91. The van der Waals surface area contributed by atoms with Gasteiger partial charge in [0.25, 0.3) is 0 Å². The van der Waals surface area contributed by atoms with Gasteiger partial charge in [-0.15, -0.1) is 0 Å². The second kappa shape index (κ2) is 7.75. The van der Waals surface area contributed by atoms with Gasteiger partial charge in [-0.25, -0.2) is 0 Å². The maximum absolute atomic E-state index is 12.7. The first kappa shape index (κ1) is 20.9. The molecule has 1 aliphatic heterocycles. The number of aromatic hydroxyl groups is 3. The highest BCUT2D eigenvalue weighted by Crippen LogP contribution is 2.42. The Balaban J connectivity index is 1.85. The van der Waals surface area contributed by atoms with E-state index in [2.05, 4.69) is 0 Å². The first-order valence-corrected chi connectivity index (χ1v) is 9.36. The number of phenolic OH excluding ortho intramolecular Hbond substituents is 3. The number of hydrogen-bond donors (Lipinski definition) is 6. The lowest BCUT2D eigenvalue weighted by Gasteiger charge is -2.38. The van der Waals surface area contributed by atoms with Crippen molar-refractivity contribution in [2.75, 3.05) is 0 Å². The van der Waals surface area contributed by atoms with Crippen molar-refractivity contribution in [3.63, 3.8) is 0 Å². The zero-order valence-corrected chi connectivity index (χ0v) is 16.2. The van der Waals surface area contributed by atoms with Gasteiger partial charge in [0.1, 0.15) is 41.0 Å². The van der Waals surface area contributed by atoms with Crippen molar-refractivity contribution in [2.45, 2.75) is 37.6 Å². The molecule has 5 atom stereocenters. The first-order chi connectivity index (χ1) is 14.7. The van der Waals surface area contributed by atoms with Crippen molar-refractivity contribution in [1.29, 1.82) is 0 Å². The Morgan fingerprint density at radius 1 is 0.903 bits per heavy atom. The fourth-order valence-corrected chi connectivity index (χ4v) is 3.39. The molecule has 2 aromatic carbocycles. The van der Waals surface area contributed by atoms with E-state index in [1.807, 2.05) is 0 Å². The minimum Gasteiger partial charge on any atom is -0.508 e. The molecule has 1 fully saturated rings. The second-order valence-corrected chi connectivity index (χ2v) is 7.27. The third-order valence-corrected chi connectivity index (χ3v) is 5.11. The van der Waals surface area contributed by atoms with Gasteiger partial charge in [0.15, 0.2) is 16.8 Å². The van der Waals surface area contributed by atoms with Crippen molar-refractivity contribution in [1.82, 2.24) is 0 Å². The van der Waals surface area contributed by atoms with Crippen LogP contribution < -0.4 is 10.2 Å². The Kier molecular flexibility index (Phi) is 5.23. The van der Waals surface area contributed by atoms with Crippen LogP contribution in [0.2, 0.25) is 0 Å². The molecular weight excluding hydrogens is 412 g/mol. The maximum atomic E-state index is 12.7. The molecule has 2 heterocycles. The van der Waals surface area contributed by atoms with Crippen molar-refractivity contribution in [3.05, 3.63) is 46.6 Å². The van der Waals surface area contributed by atoms with Gasteiger partial charge in [0.2, 0.25) is 12.0 Å². The van der Waals surface area contributed by atoms with Gasteiger partial charge in [-0.3, -0.25) is 4.79 Å². The largest absolute Gasteiger partial charge is 0.508 e. The van der Waals surface area contributed by atoms with E-state index in [0.717, 1.165) is 12.1 Å². The van der Waals surface area contributed by atoms with E-state index in [1.54, 1.807) is 0 Å². The average molecular weight is 432 g/mol. The summed E-state index contributed by atoms with van der Waals surface area (Å²) in [6.07, 6.45) is -7.05. The van der Waals surface area contributed by atoms with E-state index in [4.69, 9.17) is 13.9 Å². The van der Waals surface area contributed by atoms with Gasteiger partial charge in [-0.2, -0.15) is 0 Å². The molecule has 0 bridgehead atoms. The quantitative estimate of drug-likeness (QED) is 0.348. The molecule has 0 amide bonds. The monoisotopic (exact) mass is 432 g/mol. The minimum absolute atomic E-state index is 0.00416. The maximum Gasteiger partial charge on any atom is 0.229 e. The topological polar surface area (TPSA) is 170 Å². The fraction of sp³-hybridized carbons (Fsp3) is 0.286. The number of rotatable bonds is 3. The van der Waals surface area contributed by atoms with Crippen LogP contribution in [0.25, 0.3) is 22.3 Å². The summed E-state index contributed by atoms with van der Waals surface area (Å²) >= 11 is 0. The summed E-state index contributed by atoms with van der Waals surface area (Å²) in [4.78, 5) is 12.7. The summed E-state index contributed by atoms with van der Waals surface area (Å²) < 4.78 is 16.7. The van der Waals surface area contributed by atoms with E-state index in [9.17, 15) is 35.4 Å². The molecule has 0 saturated carbocycles. The van der Waals surface area contributed by atoms with Crippen LogP contribution in [0, 0.1) is 0 Å². The Morgan fingerprint density at radius 2 is 1.58 bits per heavy atom. The highest BCUT2D eigenvalue weighted by atomic mass is 16.7. The molecular formula is C21H20O10. The van der Waals surface area contributed by atoms with Crippen LogP contribution in [0.3, 0.4) is 0 Å². The Morgan fingerprint density at radius 3 is 2.26 bits per heavy atom. The summed E-state index contributed by atoms with van der Waals surface area (Å²) in [5.41, 5.74) is -0.538. The van der Waals surface area contributed by atoms with Crippen LogP contribution in [0.5, 0.6) is 23.0 Å². The van der Waals surface area contributed by atoms with Crippen LogP contribution in [0.15, 0.2) is 45.6 Å². The number of aliphatic hydroxyl groups is 3. The van der Waals surface area contributed by atoms with E-state index >= 15 is 0 Å². The molecule has 0 spiro atoms. The molecule has 4 rings (SSSR count). The summed E-state index contributed by atoms with van der Waals surface area (Å²) in [5, 5.41) is 59.7. The molecule has 164 valence electrons. The lowest BCUT2D eigenvalue weighted by atomic mass is 10.00. The Hall–Kier alpha value is -3.31. The van der Waals surface area contributed by atoms with Crippen LogP contribution in [0.1, 0.15) is 6.92 Å². The zero-order valence-electron chi connectivity index (χ0n) is 16.2. The summed E-state index contributed by atoms with van der Waals surface area (Å²) in [5.74, 6) is -1.52. The number of hydrogen-bond acceptors (Lipinski definition) is 10. The summed E-state index contributed by atoms with van der Waals surface area (Å²) in [7, 11) is 0. The third kappa shape index (κ3) is 3.66. The molecule has 3 aromatic rings. The number of ether oxygens (including phenoxy) is 2. The number of aliphatic hydroxyl groups excluding tert-OH is 3. The third-order valence-electron chi connectivity index (χ3n) is 5.11. The van der Waals surface area contributed by atoms with Gasteiger partial charge in [0.05, 0.1) is 6.10 Å². The smallest absolute Gasteiger partial charge is 0.229 e. The predicted molar refractivity (Wildman–Crippen MR) is 106 cm³/mol. The average Bonchev–Trinajstić information content (AvgIpc) is 2.72. The molecule has 6 N–H and O–H groups in total. The van der Waals surface area contributed by atoms with Gasteiger partial charge in [0, 0.05) is 17.7 Å². The molecule has 10 nitrogen and oxygen atoms in total. The molecule has 1 aliphatic rings. The second-order valence-electron chi connectivity index (χ2n) is 7.27. The van der Waals surface area contributed by atoms with Crippen molar-refractivity contribution < 1.29 is 44.5 Å². The zero-order chi connectivity index (χ0) is 22.4. The Labute approximate surface area is 174 Å². The van der Waals surface area contributed by atoms with E-state index in [0.29, 0.717) is 5.56 Å². The van der Waals surface area contributed by atoms with Gasteiger partial charge in [-0.1, -0.05) is 0 Å². The van der Waals surface area contributed by atoms with Gasteiger partial charge >= 0.3 is 0 Å². The van der Waals surface area contributed by atoms with Crippen molar-refractivity contribution in [2.24, 2.45) is 0 Å². The normalized spacial score (nSPS) is 26.1. The number of benzene rings is 2. The standard InChI is InChI=1S/C21H20O10/c1-8-16(26)17(27)18(28)21(29-8)31-19-13(25)6-11(23)15-12(24)7-14(30-20(15)19)9-2-4-10(22)5-3-9/h2-8,16-18,21-23,25-28H,1H3/t8-,16-,17+,18+,21+/m1/s1. The van der Waals surface area contributed by atoms with Crippen LogP contribution in [-0.4, -0.2) is 61.3 Å². The number of fused-ring (bicyclic) bond motifs is 1. The van der Waals surface area contributed by atoms with E-state index < -0.39 is 53.4 Å². The SMILES string of the molecule is C[C@H]1O[C@@H](Oc2c(O)cc(O)c3c(=O)cc(-c4ccc(O)cc4)oc23)[C@@H](O)[C@@H](O)[C@@H]1O. The molecule has 10 heteroatoms. The lowest BCUT2D eigenvalue weighted by Crippen LogP contribution is -2.58. The molecule has 1 saturated heterocycles. The highest BCUT2D eigenvalue weighted by Gasteiger charge is 2.43. The van der Waals surface area contributed by atoms with Gasteiger partial charge in [-0.05, 0) is 31.2 Å². The predicted octanol–water partition coefficient (Wildman–Crippen LogP) is 0.783. The molecule has 1 aromatic heterocycles. The molecule has 0 radical (unpaired) electrons. The fourth-order valence-electron chi connectivity index (χ4n) is 3.39. The molecule has 0 aliphatic carbocycles. The van der Waals surface area contributed by atoms with Crippen molar-refractivity contribution in [3.8, 4) is 34.3 Å². The van der Waals surface area contributed by atoms with E-state index in [-0.39, 0.29) is 22.5 Å². The first-order valence-electron chi connectivity index (χ1n) is 9.36. The molecule has 0 unspecified atom stereocenters. The molecule has 31 heavy (non-hydrogen) atoms. The van der Waals surface area contributed by atoms with Crippen molar-refractivity contribution >= 4 is 11.0 Å². The lowest BCUT2D eigenvalue weighted by molar-refractivity contribution is -0.268. The minimum atomic E-state index is -1.68. The van der Waals surface area contributed by atoms with Gasteiger partial charge < -0.3 is 44.5 Å². The van der Waals surface area contributed by atoms with Crippen LogP contribution in [-0.2, 0) is 4.74 Å². The van der Waals surface area contributed by atoms with Crippen LogP contribution >= 0.6 is 0 Å². The summed E-state index contributed by atoms with van der Waals surface area (Å²) in [6.45, 7) is 1.45. The van der Waals surface area contributed by atoms with E-state index in [1.165, 1.54) is 31.2 Å².